The highest BCUT2D eigenvalue weighted by Crippen LogP contribution is 2.10. The predicted molar refractivity (Wildman–Crippen MR) is 27.5 cm³/mol. The third-order valence-corrected chi connectivity index (χ3v) is 0.832. The highest BCUT2D eigenvalue weighted by molar-refractivity contribution is 14.1. The molecule has 1 aliphatic heterocycles. The zero-order chi connectivity index (χ0) is 4.41. The lowest BCUT2D eigenvalue weighted by molar-refractivity contribution is 1.01. The Kier molecular flexibility index (Phi) is 1.08. The molecule has 0 aliphatic carbocycles. The second-order valence-electron chi connectivity index (χ2n) is 0.720. The minimum Gasteiger partial charge on any atom is -0.127 e. The summed E-state index contributed by atoms with van der Waals surface area (Å²) < 4.78 is -0.0670. The minimum absolute atomic E-state index is 0.0670. The van der Waals surface area contributed by atoms with Crippen molar-refractivity contribution in [3.63, 3.8) is 0 Å². The van der Waals surface area contributed by atoms with E-state index in [1.165, 1.54) is 0 Å². The summed E-state index contributed by atoms with van der Waals surface area (Å²) in [5, 5.41) is 13.5. The normalized spacial score (nSPS) is 20.2. The maximum atomic E-state index is 3.51. The van der Waals surface area contributed by atoms with Gasteiger partial charge in [-0.1, -0.05) is 0 Å². The summed E-state index contributed by atoms with van der Waals surface area (Å²) in [5.41, 5.74) is 0. The highest BCUT2D eigenvalue weighted by atomic mass is 127. The second kappa shape index (κ2) is 1.59. The molecule has 6 heavy (non-hydrogen) atoms. The standard InChI is InChI=1S/CHIN4/c2-1-3-5-6-4-1/h1H. The summed E-state index contributed by atoms with van der Waals surface area (Å²) in [4.78, 5) is 0. The van der Waals surface area contributed by atoms with E-state index < -0.39 is 0 Å². The first kappa shape index (κ1) is 4.10. The molecule has 0 spiro atoms. The average Bonchev–Trinajstić information content (AvgIpc) is 1.86. The summed E-state index contributed by atoms with van der Waals surface area (Å²) in [6, 6.07) is 0. The largest absolute Gasteiger partial charge is 0.234 e. The predicted octanol–water partition coefficient (Wildman–Crippen LogP) is 1.54. The monoisotopic (exact) mass is 196 g/mol. The summed E-state index contributed by atoms with van der Waals surface area (Å²) in [7, 11) is 0. The van der Waals surface area contributed by atoms with Crippen LogP contribution < -0.4 is 0 Å². The van der Waals surface area contributed by atoms with Gasteiger partial charge in [0.1, 0.15) is 0 Å². The number of rotatable bonds is 0. The van der Waals surface area contributed by atoms with Gasteiger partial charge in [0.25, 0.3) is 0 Å². The molecule has 0 aromatic carbocycles. The molecule has 0 radical (unpaired) electrons. The summed E-state index contributed by atoms with van der Waals surface area (Å²) >= 11 is 2.01. The van der Waals surface area contributed by atoms with E-state index >= 15 is 0 Å². The molecular formula is CHIN4. The van der Waals surface area contributed by atoms with Gasteiger partial charge in [0.2, 0.25) is 4.17 Å². The Balaban J connectivity index is 2.60. The Morgan fingerprint density at radius 1 is 1.17 bits per heavy atom. The number of alkyl halides is 1. The van der Waals surface area contributed by atoms with Gasteiger partial charge in [-0.25, -0.2) is 0 Å². The maximum Gasteiger partial charge on any atom is 0.234 e. The topological polar surface area (TPSA) is 49.4 Å². The van der Waals surface area contributed by atoms with E-state index in [-0.39, 0.29) is 4.17 Å². The Hall–Kier alpha value is -0.0700. The fourth-order valence-corrected chi connectivity index (χ4v) is 0.377. The molecule has 0 saturated carbocycles. The number of halogens is 1. The lowest BCUT2D eigenvalue weighted by atomic mass is 11.2. The van der Waals surface area contributed by atoms with Crippen molar-refractivity contribution in [2.45, 2.75) is 4.17 Å². The molecule has 0 bridgehead atoms. The molecule has 32 valence electrons. The van der Waals surface area contributed by atoms with Gasteiger partial charge in [0, 0.05) is 0 Å². The first-order chi connectivity index (χ1) is 2.89. The fraction of sp³-hybridized carbons (Fsp3) is 1.00. The van der Waals surface area contributed by atoms with Gasteiger partial charge < -0.3 is 0 Å². The van der Waals surface area contributed by atoms with Crippen LogP contribution >= 0.6 is 22.6 Å². The minimum atomic E-state index is -0.0670. The molecule has 0 fully saturated rings. The lowest BCUT2D eigenvalue weighted by Crippen LogP contribution is -1.73. The zero-order valence-electron chi connectivity index (χ0n) is 2.74. The molecule has 0 aromatic heterocycles. The van der Waals surface area contributed by atoms with Gasteiger partial charge in [-0.15, -0.1) is 10.2 Å². The van der Waals surface area contributed by atoms with Gasteiger partial charge in [0.05, 0.1) is 0 Å². The van der Waals surface area contributed by atoms with E-state index in [0.717, 1.165) is 0 Å². The third kappa shape index (κ3) is 0.703. The third-order valence-electron chi connectivity index (χ3n) is 0.334. The van der Waals surface area contributed by atoms with Crippen molar-refractivity contribution < 1.29 is 0 Å². The number of nitrogens with zero attached hydrogens (tertiary/aromatic N) is 4. The van der Waals surface area contributed by atoms with E-state index in [0.29, 0.717) is 0 Å². The van der Waals surface area contributed by atoms with E-state index in [2.05, 4.69) is 20.7 Å². The van der Waals surface area contributed by atoms with Crippen molar-refractivity contribution in [2.24, 2.45) is 20.7 Å². The van der Waals surface area contributed by atoms with Crippen molar-refractivity contribution in [2.75, 3.05) is 0 Å². The van der Waals surface area contributed by atoms with Gasteiger partial charge in [-0.2, -0.15) is 0 Å². The summed E-state index contributed by atoms with van der Waals surface area (Å²) in [6.07, 6.45) is 0. The first-order valence-corrected chi connectivity index (χ1v) is 2.58. The van der Waals surface area contributed by atoms with Gasteiger partial charge in [-0.05, 0) is 33.0 Å². The first-order valence-electron chi connectivity index (χ1n) is 1.33. The Morgan fingerprint density at radius 2 is 1.67 bits per heavy atom. The van der Waals surface area contributed by atoms with E-state index in [9.17, 15) is 0 Å². The van der Waals surface area contributed by atoms with E-state index in [4.69, 9.17) is 0 Å². The number of hydrogen-bond donors (Lipinski definition) is 0. The van der Waals surface area contributed by atoms with E-state index in [1.807, 2.05) is 22.6 Å². The fourth-order valence-electron chi connectivity index (χ4n) is 0.155. The maximum absolute atomic E-state index is 3.51. The molecule has 5 heteroatoms. The zero-order valence-corrected chi connectivity index (χ0v) is 4.90. The van der Waals surface area contributed by atoms with Crippen LogP contribution in [0.1, 0.15) is 0 Å². The molecule has 1 rings (SSSR count). The Morgan fingerprint density at radius 3 is 1.83 bits per heavy atom. The smallest absolute Gasteiger partial charge is 0.127 e. The molecule has 0 atom stereocenters. The van der Waals surface area contributed by atoms with Crippen LogP contribution in [-0.2, 0) is 0 Å². The SMILES string of the molecule is IC1N=NN=N1. The molecule has 1 heterocycles. The molecular weight excluding hydrogens is 195 g/mol. The van der Waals surface area contributed by atoms with Gasteiger partial charge in [-0.3, -0.25) is 0 Å². The summed E-state index contributed by atoms with van der Waals surface area (Å²) in [6.45, 7) is 0. The van der Waals surface area contributed by atoms with Crippen LogP contribution in [0.25, 0.3) is 0 Å². The Labute approximate surface area is 47.9 Å². The molecule has 0 aromatic rings. The quantitative estimate of drug-likeness (QED) is 0.320. The van der Waals surface area contributed by atoms with Crippen molar-refractivity contribution in [3.8, 4) is 0 Å². The van der Waals surface area contributed by atoms with E-state index in [1.54, 1.807) is 0 Å². The van der Waals surface area contributed by atoms with Crippen LogP contribution in [0.3, 0.4) is 0 Å². The molecule has 0 unspecified atom stereocenters. The molecule has 1 aliphatic rings. The summed E-state index contributed by atoms with van der Waals surface area (Å²) in [5.74, 6) is 0. The van der Waals surface area contributed by atoms with Crippen molar-refractivity contribution in [1.29, 1.82) is 0 Å². The van der Waals surface area contributed by atoms with Crippen LogP contribution in [-0.4, -0.2) is 4.17 Å². The van der Waals surface area contributed by atoms with Crippen LogP contribution in [0.5, 0.6) is 0 Å². The second-order valence-corrected chi connectivity index (χ2v) is 1.83. The van der Waals surface area contributed by atoms with Gasteiger partial charge in [0.15, 0.2) is 0 Å². The molecule has 0 amide bonds. The average molecular weight is 196 g/mol. The molecule has 0 N–H and O–H groups in total. The van der Waals surface area contributed by atoms with Crippen LogP contribution in [0.15, 0.2) is 20.7 Å². The number of hydrogen-bond acceptors (Lipinski definition) is 4. The molecule has 0 saturated heterocycles. The van der Waals surface area contributed by atoms with Crippen LogP contribution in [0, 0.1) is 0 Å². The highest BCUT2D eigenvalue weighted by Gasteiger charge is 1.98. The molecule has 4 nitrogen and oxygen atoms in total. The lowest BCUT2D eigenvalue weighted by Gasteiger charge is -1.74. The van der Waals surface area contributed by atoms with Crippen molar-refractivity contribution in [1.82, 2.24) is 0 Å². The van der Waals surface area contributed by atoms with Crippen molar-refractivity contribution >= 4 is 22.6 Å². The van der Waals surface area contributed by atoms with Crippen LogP contribution in [0.2, 0.25) is 0 Å². The Bertz CT molecular complexity index is 83.7. The van der Waals surface area contributed by atoms with Gasteiger partial charge >= 0.3 is 0 Å². The van der Waals surface area contributed by atoms with Crippen molar-refractivity contribution in [3.05, 3.63) is 0 Å². The van der Waals surface area contributed by atoms with Crippen LogP contribution in [0.4, 0.5) is 0 Å².